The summed E-state index contributed by atoms with van der Waals surface area (Å²) in [6, 6.07) is 3.22. The maximum absolute atomic E-state index is 12.1. The zero-order valence-corrected chi connectivity index (χ0v) is 12.4. The van der Waals surface area contributed by atoms with E-state index in [1.165, 1.54) is 4.90 Å². The first kappa shape index (κ1) is 16.1. The maximum atomic E-state index is 12.1. The normalized spacial score (nSPS) is 17.8. The van der Waals surface area contributed by atoms with Crippen LogP contribution in [0.15, 0.2) is 24.5 Å². The number of aromatic nitrogens is 1. The summed E-state index contributed by atoms with van der Waals surface area (Å²) >= 11 is 0. The second-order valence-electron chi connectivity index (χ2n) is 5.29. The van der Waals surface area contributed by atoms with E-state index in [-0.39, 0.29) is 6.29 Å². The minimum Gasteiger partial charge on any atom is -0.464 e. The summed E-state index contributed by atoms with van der Waals surface area (Å²) < 4.78 is 5.26. The topological polar surface area (TPSA) is 76.6 Å². The van der Waals surface area contributed by atoms with Crippen molar-refractivity contribution in [3.05, 3.63) is 30.1 Å². The molecule has 0 aliphatic carbocycles. The summed E-state index contributed by atoms with van der Waals surface area (Å²) in [7, 11) is 0. The lowest BCUT2D eigenvalue weighted by Gasteiger charge is -2.32. The van der Waals surface area contributed by atoms with E-state index in [0.717, 1.165) is 24.8 Å². The van der Waals surface area contributed by atoms with Crippen molar-refractivity contribution < 1.29 is 19.1 Å². The van der Waals surface area contributed by atoms with Gasteiger partial charge in [-0.3, -0.25) is 14.6 Å². The molecule has 0 spiro atoms. The van der Waals surface area contributed by atoms with Crippen molar-refractivity contribution in [2.75, 3.05) is 13.2 Å². The van der Waals surface area contributed by atoms with Crippen LogP contribution >= 0.6 is 0 Å². The van der Waals surface area contributed by atoms with Gasteiger partial charge in [-0.15, -0.1) is 0 Å². The van der Waals surface area contributed by atoms with Gasteiger partial charge in [0.05, 0.1) is 6.61 Å². The highest BCUT2D eigenvalue weighted by Gasteiger charge is 2.32. The van der Waals surface area contributed by atoms with Gasteiger partial charge >= 0.3 is 5.97 Å². The fraction of sp³-hybridized carbons (Fsp3) is 0.500. The number of carbonyl (C=O) groups is 3. The van der Waals surface area contributed by atoms with E-state index in [0.29, 0.717) is 26.0 Å². The van der Waals surface area contributed by atoms with Crippen LogP contribution in [0.25, 0.3) is 0 Å². The summed E-state index contributed by atoms with van der Waals surface area (Å²) in [5.41, 5.74) is 1.09. The molecular formula is C16H20N2O4. The molecule has 0 aromatic carbocycles. The van der Waals surface area contributed by atoms with E-state index in [1.54, 1.807) is 12.4 Å². The van der Waals surface area contributed by atoms with Crippen LogP contribution < -0.4 is 0 Å². The Morgan fingerprint density at radius 1 is 1.41 bits per heavy atom. The first-order valence-corrected chi connectivity index (χ1v) is 7.53. The van der Waals surface area contributed by atoms with Crippen molar-refractivity contribution in [2.45, 2.75) is 38.1 Å². The monoisotopic (exact) mass is 304 g/mol. The SMILES string of the molecule is O=CC(=O)N1CCCCC1C(=O)OCCCc1cccnc1. The molecule has 1 aliphatic rings. The van der Waals surface area contributed by atoms with Gasteiger partial charge in [-0.2, -0.15) is 0 Å². The molecule has 1 unspecified atom stereocenters. The van der Waals surface area contributed by atoms with Gasteiger partial charge in [0, 0.05) is 18.9 Å². The number of amides is 1. The highest BCUT2D eigenvalue weighted by Crippen LogP contribution is 2.18. The summed E-state index contributed by atoms with van der Waals surface area (Å²) in [5.74, 6) is -1.06. The fourth-order valence-corrected chi connectivity index (χ4v) is 2.60. The molecule has 1 aromatic heterocycles. The van der Waals surface area contributed by atoms with Crippen LogP contribution in [-0.2, 0) is 25.5 Å². The molecule has 0 bridgehead atoms. The molecule has 1 atom stereocenters. The Morgan fingerprint density at radius 2 is 2.27 bits per heavy atom. The number of aldehydes is 1. The average Bonchev–Trinajstić information content (AvgIpc) is 2.58. The first-order valence-electron chi connectivity index (χ1n) is 7.53. The third-order valence-electron chi connectivity index (χ3n) is 3.74. The fourth-order valence-electron chi connectivity index (χ4n) is 2.60. The Bertz CT molecular complexity index is 518. The first-order chi connectivity index (χ1) is 10.7. The quantitative estimate of drug-likeness (QED) is 0.341. The summed E-state index contributed by atoms with van der Waals surface area (Å²) in [6.07, 6.45) is 7.46. The van der Waals surface area contributed by atoms with Crippen LogP contribution in [0.5, 0.6) is 0 Å². The van der Waals surface area contributed by atoms with Crippen LogP contribution in [0, 0.1) is 0 Å². The molecular weight excluding hydrogens is 284 g/mol. The van der Waals surface area contributed by atoms with Crippen molar-refractivity contribution >= 4 is 18.2 Å². The molecule has 1 saturated heterocycles. The molecule has 1 amide bonds. The largest absolute Gasteiger partial charge is 0.464 e. The standard InChI is InChI=1S/C16H20N2O4/c19-12-15(20)18-9-2-1-7-14(18)16(21)22-10-4-6-13-5-3-8-17-11-13/h3,5,8,11-12,14H,1-2,4,6-7,9-10H2. The molecule has 1 aromatic rings. The molecule has 118 valence electrons. The Balaban J connectivity index is 1.78. The lowest BCUT2D eigenvalue weighted by atomic mass is 10.0. The molecule has 1 aliphatic heterocycles. The van der Waals surface area contributed by atoms with Crippen molar-refractivity contribution in [3.8, 4) is 0 Å². The number of hydrogen-bond acceptors (Lipinski definition) is 5. The van der Waals surface area contributed by atoms with Gasteiger partial charge in [-0.25, -0.2) is 4.79 Å². The molecule has 2 rings (SSSR count). The van der Waals surface area contributed by atoms with E-state index in [2.05, 4.69) is 4.98 Å². The van der Waals surface area contributed by atoms with Gasteiger partial charge in [-0.1, -0.05) is 6.07 Å². The summed E-state index contributed by atoms with van der Waals surface area (Å²) in [4.78, 5) is 39.6. The highest BCUT2D eigenvalue weighted by molar-refractivity contribution is 6.24. The van der Waals surface area contributed by atoms with Crippen molar-refractivity contribution in [2.24, 2.45) is 0 Å². The van der Waals surface area contributed by atoms with Gasteiger partial charge in [-0.05, 0) is 43.7 Å². The smallest absolute Gasteiger partial charge is 0.328 e. The Hall–Kier alpha value is -2.24. The van der Waals surface area contributed by atoms with Crippen LogP contribution in [0.1, 0.15) is 31.2 Å². The summed E-state index contributed by atoms with van der Waals surface area (Å²) in [6.45, 7) is 0.736. The van der Waals surface area contributed by atoms with Crippen LogP contribution in [0.4, 0.5) is 0 Å². The molecule has 0 radical (unpaired) electrons. The molecule has 0 N–H and O–H groups in total. The van der Waals surface area contributed by atoms with E-state index in [9.17, 15) is 14.4 Å². The highest BCUT2D eigenvalue weighted by atomic mass is 16.5. The summed E-state index contributed by atoms with van der Waals surface area (Å²) in [5, 5.41) is 0. The molecule has 6 nitrogen and oxygen atoms in total. The Kier molecular flexibility index (Phi) is 6.06. The molecule has 2 heterocycles. The maximum Gasteiger partial charge on any atom is 0.328 e. The van der Waals surface area contributed by atoms with Crippen LogP contribution in [0.2, 0.25) is 0 Å². The van der Waals surface area contributed by atoms with Crippen molar-refractivity contribution in [1.82, 2.24) is 9.88 Å². The van der Waals surface area contributed by atoms with E-state index < -0.39 is 17.9 Å². The minimum atomic E-state index is -0.642. The second-order valence-corrected chi connectivity index (χ2v) is 5.29. The second kappa shape index (κ2) is 8.26. The molecule has 6 heteroatoms. The lowest BCUT2D eigenvalue weighted by Crippen LogP contribution is -2.49. The lowest BCUT2D eigenvalue weighted by molar-refractivity contribution is -0.157. The third-order valence-corrected chi connectivity index (χ3v) is 3.74. The number of ether oxygens (including phenoxy) is 1. The van der Waals surface area contributed by atoms with Gasteiger partial charge in [0.1, 0.15) is 6.04 Å². The van der Waals surface area contributed by atoms with E-state index >= 15 is 0 Å². The van der Waals surface area contributed by atoms with Gasteiger partial charge in [0.15, 0.2) is 0 Å². The zero-order valence-electron chi connectivity index (χ0n) is 12.4. The Morgan fingerprint density at radius 3 is 3.00 bits per heavy atom. The zero-order chi connectivity index (χ0) is 15.8. The number of aryl methyl sites for hydroxylation is 1. The number of pyridine rings is 1. The predicted octanol–water partition coefficient (Wildman–Crippen LogP) is 1.14. The van der Waals surface area contributed by atoms with Gasteiger partial charge < -0.3 is 9.64 Å². The van der Waals surface area contributed by atoms with Crippen molar-refractivity contribution in [3.63, 3.8) is 0 Å². The molecule has 22 heavy (non-hydrogen) atoms. The van der Waals surface area contributed by atoms with Crippen molar-refractivity contribution in [1.29, 1.82) is 0 Å². The number of nitrogens with zero attached hydrogens (tertiary/aromatic N) is 2. The predicted molar refractivity (Wildman–Crippen MR) is 78.9 cm³/mol. The number of esters is 1. The van der Waals surface area contributed by atoms with Gasteiger partial charge in [0.2, 0.25) is 6.29 Å². The number of rotatable bonds is 6. The van der Waals surface area contributed by atoms with E-state index in [1.807, 2.05) is 12.1 Å². The van der Waals surface area contributed by atoms with E-state index in [4.69, 9.17) is 4.74 Å². The number of carbonyl (C=O) groups excluding carboxylic acids is 3. The van der Waals surface area contributed by atoms with Crippen LogP contribution in [0.3, 0.4) is 0 Å². The number of piperidine rings is 1. The minimum absolute atomic E-state index is 0.258. The molecule has 1 fully saturated rings. The third kappa shape index (κ3) is 4.38. The van der Waals surface area contributed by atoms with Gasteiger partial charge in [0.25, 0.3) is 5.91 Å². The van der Waals surface area contributed by atoms with Crippen LogP contribution in [-0.4, -0.2) is 47.2 Å². The number of likely N-dealkylation sites (tertiary alicyclic amines) is 1. The number of hydrogen-bond donors (Lipinski definition) is 0. The average molecular weight is 304 g/mol. The molecule has 0 saturated carbocycles. The Labute approximate surface area is 129 Å².